The summed E-state index contributed by atoms with van der Waals surface area (Å²) in [5, 5.41) is 29.7. The number of aliphatic hydroxyl groups is 3. The molecule has 0 spiro atoms. The predicted octanol–water partition coefficient (Wildman–Crippen LogP) is 3.06. The molecule has 2 aliphatic carbocycles. The van der Waals surface area contributed by atoms with Gasteiger partial charge in [0.25, 0.3) is 0 Å². The summed E-state index contributed by atoms with van der Waals surface area (Å²) in [6.07, 6.45) is 11.4. The molecular weight excluding hydrogens is 276 g/mol. The lowest BCUT2D eigenvalue weighted by Crippen LogP contribution is -2.18. The highest BCUT2D eigenvalue weighted by Gasteiger charge is 2.43. The van der Waals surface area contributed by atoms with Gasteiger partial charge in [-0.25, -0.2) is 0 Å². The number of hydrogen-bond acceptors (Lipinski definition) is 3. The van der Waals surface area contributed by atoms with Crippen LogP contribution in [0.5, 0.6) is 0 Å². The molecule has 0 aromatic carbocycles. The molecule has 1 saturated carbocycles. The van der Waals surface area contributed by atoms with Crippen molar-refractivity contribution in [3.05, 3.63) is 23.8 Å². The van der Waals surface area contributed by atoms with E-state index in [1.807, 2.05) is 12.2 Å². The Morgan fingerprint density at radius 2 is 2.18 bits per heavy atom. The van der Waals surface area contributed by atoms with Crippen molar-refractivity contribution in [2.45, 2.75) is 64.6 Å². The van der Waals surface area contributed by atoms with Crippen LogP contribution in [0.4, 0.5) is 0 Å². The lowest BCUT2D eigenvalue weighted by Gasteiger charge is -2.19. The number of rotatable bonds is 8. The summed E-state index contributed by atoms with van der Waals surface area (Å²) < 4.78 is 0. The Balaban J connectivity index is 1.84. The van der Waals surface area contributed by atoms with E-state index in [1.165, 1.54) is 19.3 Å². The number of aliphatic hydroxyl groups excluding tert-OH is 3. The average Bonchev–Trinajstić information content (AvgIpc) is 2.99. The van der Waals surface area contributed by atoms with Crippen LogP contribution in [0.3, 0.4) is 0 Å². The molecule has 2 rings (SSSR count). The Hall–Kier alpha value is -0.640. The highest BCUT2D eigenvalue weighted by molar-refractivity contribution is 5.21. The van der Waals surface area contributed by atoms with E-state index in [9.17, 15) is 15.3 Å². The normalized spacial score (nSPS) is 34.0. The molecular formula is C19H32O3. The lowest BCUT2D eigenvalue weighted by atomic mass is 9.88. The number of unbranched alkanes of at least 4 members (excludes halogenated alkanes) is 1. The molecule has 0 aromatic heterocycles. The molecule has 0 unspecified atom stereocenters. The molecule has 0 saturated heterocycles. The van der Waals surface area contributed by atoms with Gasteiger partial charge in [-0.2, -0.15) is 0 Å². The van der Waals surface area contributed by atoms with Crippen LogP contribution in [0.15, 0.2) is 23.8 Å². The summed E-state index contributed by atoms with van der Waals surface area (Å²) in [5.74, 6) is 1.45. The zero-order chi connectivity index (χ0) is 16.1. The fraction of sp³-hybridized carbons (Fsp3) is 0.789. The van der Waals surface area contributed by atoms with Gasteiger partial charge >= 0.3 is 0 Å². The fourth-order valence-electron chi connectivity index (χ4n) is 4.14. The van der Waals surface area contributed by atoms with Gasteiger partial charge in [0.2, 0.25) is 0 Å². The van der Waals surface area contributed by atoms with E-state index in [4.69, 9.17) is 0 Å². The smallest absolute Gasteiger partial charge is 0.0723 e. The van der Waals surface area contributed by atoms with Crippen molar-refractivity contribution < 1.29 is 15.3 Å². The average molecular weight is 308 g/mol. The van der Waals surface area contributed by atoms with Gasteiger partial charge in [0.1, 0.15) is 0 Å². The zero-order valence-electron chi connectivity index (χ0n) is 14.0. The van der Waals surface area contributed by atoms with E-state index >= 15 is 0 Å². The topological polar surface area (TPSA) is 60.7 Å². The van der Waals surface area contributed by atoms with Crippen LogP contribution in [0, 0.1) is 23.7 Å². The molecule has 2 aliphatic rings. The van der Waals surface area contributed by atoms with E-state index in [2.05, 4.69) is 19.9 Å². The molecule has 3 heteroatoms. The van der Waals surface area contributed by atoms with Crippen molar-refractivity contribution in [3.63, 3.8) is 0 Å². The maximum Gasteiger partial charge on any atom is 0.0723 e. The predicted molar refractivity (Wildman–Crippen MR) is 89.3 cm³/mol. The van der Waals surface area contributed by atoms with Crippen molar-refractivity contribution in [1.82, 2.24) is 0 Å². The molecule has 1 fully saturated rings. The molecule has 3 nitrogen and oxygen atoms in total. The third-order valence-corrected chi connectivity index (χ3v) is 5.40. The van der Waals surface area contributed by atoms with Gasteiger partial charge < -0.3 is 15.3 Å². The van der Waals surface area contributed by atoms with Gasteiger partial charge in [0, 0.05) is 5.92 Å². The Morgan fingerprint density at radius 1 is 1.41 bits per heavy atom. The standard InChI is InChI=1S/C19H32O3/c1-3-4-5-13(2)8-16(21)6-7-17-18-10-14(12-20)9-15(18)11-19(17)22/h6-7,9,13,15-22H,3-5,8,10-12H2,1-2H3/b7-6+/t13-,15+,16-,17-,18+,19-/m1/s1. The van der Waals surface area contributed by atoms with Gasteiger partial charge in [0.05, 0.1) is 18.8 Å². The first-order valence-corrected chi connectivity index (χ1v) is 8.90. The molecule has 6 atom stereocenters. The largest absolute Gasteiger partial charge is 0.392 e. The summed E-state index contributed by atoms with van der Waals surface area (Å²) >= 11 is 0. The second-order valence-corrected chi connectivity index (χ2v) is 7.33. The van der Waals surface area contributed by atoms with Gasteiger partial charge in [-0.15, -0.1) is 0 Å². The van der Waals surface area contributed by atoms with Crippen LogP contribution in [-0.2, 0) is 0 Å². The Morgan fingerprint density at radius 3 is 2.86 bits per heavy atom. The van der Waals surface area contributed by atoms with E-state index < -0.39 is 6.10 Å². The maximum absolute atomic E-state index is 10.2. The fourth-order valence-corrected chi connectivity index (χ4v) is 4.14. The summed E-state index contributed by atoms with van der Waals surface area (Å²) in [5.41, 5.74) is 1.11. The van der Waals surface area contributed by atoms with E-state index in [-0.39, 0.29) is 18.6 Å². The molecule has 0 heterocycles. The third-order valence-electron chi connectivity index (χ3n) is 5.40. The first kappa shape index (κ1) is 17.7. The van der Waals surface area contributed by atoms with E-state index in [1.54, 1.807) is 0 Å². The minimum Gasteiger partial charge on any atom is -0.392 e. The van der Waals surface area contributed by atoms with Crippen molar-refractivity contribution in [2.24, 2.45) is 23.7 Å². The second-order valence-electron chi connectivity index (χ2n) is 7.33. The van der Waals surface area contributed by atoms with Crippen LogP contribution < -0.4 is 0 Å². The first-order valence-electron chi connectivity index (χ1n) is 8.90. The summed E-state index contributed by atoms with van der Waals surface area (Å²) in [4.78, 5) is 0. The van der Waals surface area contributed by atoms with Crippen molar-refractivity contribution in [1.29, 1.82) is 0 Å². The van der Waals surface area contributed by atoms with Crippen molar-refractivity contribution >= 4 is 0 Å². The van der Waals surface area contributed by atoms with Crippen molar-refractivity contribution in [2.75, 3.05) is 6.61 Å². The highest BCUT2D eigenvalue weighted by Crippen LogP contribution is 2.47. The summed E-state index contributed by atoms with van der Waals surface area (Å²) in [7, 11) is 0. The second kappa shape index (κ2) is 8.28. The van der Waals surface area contributed by atoms with Gasteiger partial charge in [-0.3, -0.25) is 0 Å². The quantitative estimate of drug-likeness (QED) is 0.604. The van der Waals surface area contributed by atoms with Gasteiger partial charge in [-0.05, 0) is 42.6 Å². The maximum atomic E-state index is 10.2. The number of fused-ring (bicyclic) bond motifs is 1. The SMILES string of the molecule is CCCC[C@@H](C)C[C@H](O)/C=C/[C@@H]1[C@H]2CC(CO)=C[C@H]2C[C@H]1O. The minimum atomic E-state index is -0.412. The van der Waals surface area contributed by atoms with Crippen LogP contribution in [0.25, 0.3) is 0 Å². The zero-order valence-corrected chi connectivity index (χ0v) is 14.0. The molecule has 0 aromatic rings. The first-order chi connectivity index (χ1) is 10.5. The summed E-state index contributed by atoms with van der Waals surface area (Å²) in [6, 6.07) is 0. The number of allylic oxidation sites excluding steroid dienone is 1. The molecule has 126 valence electrons. The van der Waals surface area contributed by atoms with Gasteiger partial charge in [-0.1, -0.05) is 51.3 Å². The van der Waals surface area contributed by atoms with E-state index in [0.717, 1.165) is 24.8 Å². The van der Waals surface area contributed by atoms with Gasteiger partial charge in [0.15, 0.2) is 0 Å². The Kier molecular flexibility index (Phi) is 6.66. The van der Waals surface area contributed by atoms with Crippen LogP contribution >= 0.6 is 0 Å². The Bertz CT molecular complexity index is 401. The van der Waals surface area contributed by atoms with Crippen LogP contribution in [0.2, 0.25) is 0 Å². The highest BCUT2D eigenvalue weighted by atomic mass is 16.3. The molecule has 0 aliphatic heterocycles. The molecule has 0 bridgehead atoms. The minimum absolute atomic E-state index is 0.117. The molecule has 22 heavy (non-hydrogen) atoms. The van der Waals surface area contributed by atoms with E-state index in [0.29, 0.717) is 17.8 Å². The third kappa shape index (κ3) is 4.43. The summed E-state index contributed by atoms with van der Waals surface area (Å²) in [6.45, 7) is 4.52. The van der Waals surface area contributed by atoms with Crippen LogP contribution in [0.1, 0.15) is 52.4 Å². The molecule has 0 amide bonds. The molecule has 3 N–H and O–H groups in total. The number of hydrogen-bond donors (Lipinski definition) is 3. The monoisotopic (exact) mass is 308 g/mol. The van der Waals surface area contributed by atoms with Crippen molar-refractivity contribution in [3.8, 4) is 0 Å². The Labute approximate surface area is 134 Å². The molecule has 0 radical (unpaired) electrons. The van der Waals surface area contributed by atoms with Crippen LogP contribution in [-0.4, -0.2) is 34.1 Å². The lowest BCUT2D eigenvalue weighted by molar-refractivity contribution is 0.138.